The molecule has 0 aliphatic heterocycles. The van der Waals surface area contributed by atoms with Gasteiger partial charge in [0, 0.05) is 0 Å². The predicted molar refractivity (Wildman–Crippen MR) is 65.8 cm³/mol. The van der Waals surface area contributed by atoms with Crippen molar-refractivity contribution in [3.63, 3.8) is 0 Å². The number of nitrogen functional groups attached to an aromatic ring is 1. The monoisotopic (exact) mass is 236 g/mol. The zero-order valence-electron chi connectivity index (χ0n) is 9.28. The molecule has 6 nitrogen and oxygen atoms in total. The van der Waals surface area contributed by atoms with Crippen LogP contribution in [-0.4, -0.2) is 19.7 Å². The van der Waals surface area contributed by atoms with Crippen LogP contribution in [0, 0.1) is 11.3 Å². The van der Waals surface area contributed by atoms with Gasteiger partial charge in [0.25, 0.3) is 0 Å². The van der Waals surface area contributed by atoms with Crippen molar-refractivity contribution in [1.82, 2.24) is 19.7 Å². The number of benzene rings is 1. The highest BCUT2D eigenvalue weighted by atomic mass is 15.3. The van der Waals surface area contributed by atoms with E-state index < -0.39 is 0 Å². The molecule has 0 radical (unpaired) electrons. The molecule has 0 bridgehead atoms. The van der Waals surface area contributed by atoms with Crippen LogP contribution in [0.3, 0.4) is 0 Å². The lowest BCUT2D eigenvalue weighted by atomic mass is 10.3. The maximum Gasteiger partial charge on any atom is 0.176 e. The van der Waals surface area contributed by atoms with Gasteiger partial charge in [0.2, 0.25) is 0 Å². The molecule has 18 heavy (non-hydrogen) atoms. The molecule has 6 heteroatoms. The standard InChI is InChI=1S/C12H8N6/c13-6-9-10-11(14)15-7-16-12(10)18(17-9)8-4-2-1-3-5-8/h1-5,7H,(H2,14,15,16). The maximum atomic E-state index is 9.08. The summed E-state index contributed by atoms with van der Waals surface area (Å²) >= 11 is 0. The number of nitrogens with zero attached hydrogens (tertiary/aromatic N) is 5. The summed E-state index contributed by atoms with van der Waals surface area (Å²) in [6, 6.07) is 11.5. The van der Waals surface area contributed by atoms with Crippen LogP contribution >= 0.6 is 0 Å². The average Bonchev–Trinajstić information content (AvgIpc) is 2.80. The molecule has 2 N–H and O–H groups in total. The number of nitriles is 1. The number of fused-ring (bicyclic) bond motifs is 1. The van der Waals surface area contributed by atoms with Crippen molar-refractivity contribution in [2.75, 3.05) is 5.73 Å². The second-order valence-electron chi connectivity index (χ2n) is 3.67. The van der Waals surface area contributed by atoms with E-state index in [2.05, 4.69) is 15.1 Å². The van der Waals surface area contributed by atoms with Crippen LogP contribution in [-0.2, 0) is 0 Å². The quantitative estimate of drug-likeness (QED) is 0.686. The maximum absolute atomic E-state index is 9.08. The van der Waals surface area contributed by atoms with Crippen molar-refractivity contribution in [3.8, 4) is 11.8 Å². The third-order valence-electron chi connectivity index (χ3n) is 2.60. The summed E-state index contributed by atoms with van der Waals surface area (Å²) < 4.78 is 1.59. The Morgan fingerprint density at radius 3 is 2.67 bits per heavy atom. The van der Waals surface area contributed by atoms with Gasteiger partial charge in [-0.05, 0) is 12.1 Å². The minimum Gasteiger partial charge on any atom is -0.383 e. The molecular weight excluding hydrogens is 228 g/mol. The number of nitrogens with two attached hydrogens (primary N) is 1. The number of aromatic nitrogens is 4. The second kappa shape index (κ2) is 3.82. The van der Waals surface area contributed by atoms with E-state index >= 15 is 0 Å². The molecule has 3 rings (SSSR count). The minimum absolute atomic E-state index is 0.229. The highest BCUT2D eigenvalue weighted by Gasteiger charge is 2.15. The smallest absolute Gasteiger partial charge is 0.176 e. The van der Waals surface area contributed by atoms with Gasteiger partial charge < -0.3 is 5.73 Å². The van der Waals surface area contributed by atoms with Gasteiger partial charge >= 0.3 is 0 Å². The fourth-order valence-corrected chi connectivity index (χ4v) is 1.80. The first-order valence-electron chi connectivity index (χ1n) is 5.26. The second-order valence-corrected chi connectivity index (χ2v) is 3.67. The van der Waals surface area contributed by atoms with Gasteiger partial charge in [-0.2, -0.15) is 10.4 Å². The highest BCUT2D eigenvalue weighted by molar-refractivity contribution is 5.90. The Bertz CT molecular complexity index is 753. The molecule has 1 aromatic carbocycles. The third-order valence-corrected chi connectivity index (χ3v) is 2.60. The molecule has 0 amide bonds. The van der Waals surface area contributed by atoms with Crippen LogP contribution < -0.4 is 5.73 Å². The minimum atomic E-state index is 0.229. The highest BCUT2D eigenvalue weighted by Crippen LogP contribution is 2.23. The predicted octanol–water partition coefficient (Wildman–Crippen LogP) is 1.27. The number of anilines is 1. The summed E-state index contributed by atoms with van der Waals surface area (Å²) in [5.41, 5.74) is 7.35. The zero-order chi connectivity index (χ0) is 12.5. The first-order valence-corrected chi connectivity index (χ1v) is 5.26. The van der Waals surface area contributed by atoms with Gasteiger partial charge in [0.1, 0.15) is 18.2 Å². The molecule has 0 saturated heterocycles. The van der Waals surface area contributed by atoms with Gasteiger partial charge in [0.15, 0.2) is 11.3 Å². The van der Waals surface area contributed by atoms with E-state index in [9.17, 15) is 0 Å². The van der Waals surface area contributed by atoms with Crippen molar-refractivity contribution < 1.29 is 0 Å². The van der Waals surface area contributed by atoms with Crippen LogP contribution in [0.5, 0.6) is 0 Å². The molecule has 0 aliphatic rings. The largest absolute Gasteiger partial charge is 0.383 e. The fraction of sp³-hybridized carbons (Fsp3) is 0. The van der Waals surface area contributed by atoms with E-state index in [-0.39, 0.29) is 11.5 Å². The van der Waals surface area contributed by atoms with E-state index in [1.807, 2.05) is 36.4 Å². The number of rotatable bonds is 1. The lowest BCUT2D eigenvalue weighted by Crippen LogP contribution is -1.98. The molecular formula is C12H8N6. The Balaban J connectivity index is 2.39. The molecule has 3 aromatic rings. The van der Waals surface area contributed by atoms with Crippen LogP contribution in [0.2, 0.25) is 0 Å². The van der Waals surface area contributed by atoms with Gasteiger partial charge in [-0.1, -0.05) is 18.2 Å². The molecule has 0 unspecified atom stereocenters. The number of hydrogen-bond donors (Lipinski definition) is 1. The van der Waals surface area contributed by atoms with Gasteiger partial charge in [-0.15, -0.1) is 0 Å². The SMILES string of the molecule is N#Cc1nn(-c2ccccc2)c2ncnc(N)c12. The lowest BCUT2D eigenvalue weighted by Gasteiger charge is -2.01. The van der Waals surface area contributed by atoms with E-state index in [1.54, 1.807) is 4.68 Å². The Labute approximate surface area is 102 Å². The molecule has 0 atom stereocenters. The van der Waals surface area contributed by atoms with Crippen molar-refractivity contribution in [2.24, 2.45) is 0 Å². The van der Waals surface area contributed by atoms with Crippen molar-refractivity contribution in [3.05, 3.63) is 42.4 Å². The van der Waals surface area contributed by atoms with Crippen LogP contribution in [0.4, 0.5) is 5.82 Å². The van der Waals surface area contributed by atoms with Crippen molar-refractivity contribution >= 4 is 16.9 Å². The third kappa shape index (κ3) is 1.38. The van der Waals surface area contributed by atoms with Crippen molar-refractivity contribution in [2.45, 2.75) is 0 Å². The summed E-state index contributed by atoms with van der Waals surface area (Å²) in [7, 11) is 0. The van der Waals surface area contributed by atoms with Gasteiger partial charge in [-0.3, -0.25) is 0 Å². The molecule has 86 valence electrons. The zero-order valence-corrected chi connectivity index (χ0v) is 9.28. The molecule has 0 spiro atoms. The Morgan fingerprint density at radius 2 is 1.94 bits per heavy atom. The molecule has 0 fully saturated rings. The number of hydrogen-bond acceptors (Lipinski definition) is 5. The molecule has 2 aromatic heterocycles. The molecule has 0 aliphatic carbocycles. The van der Waals surface area contributed by atoms with Gasteiger partial charge in [-0.25, -0.2) is 14.6 Å². The molecule has 2 heterocycles. The first-order chi connectivity index (χ1) is 8.81. The van der Waals surface area contributed by atoms with Crippen LogP contribution in [0.1, 0.15) is 5.69 Å². The van der Waals surface area contributed by atoms with Crippen LogP contribution in [0.15, 0.2) is 36.7 Å². The Hall–Kier alpha value is -2.94. The lowest BCUT2D eigenvalue weighted by molar-refractivity contribution is 0.887. The van der Waals surface area contributed by atoms with Gasteiger partial charge in [0.05, 0.1) is 11.1 Å². The summed E-state index contributed by atoms with van der Waals surface area (Å²) in [6.45, 7) is 0. The Morgan fingerprint density at radius 1 is 1.17 bits per heavy atom. The fourth-order valence-electron chi connectivity index (χ4n) is 1.80. The molecule has 0 saturated carbocycles. The van der Waals surface area contributed by atoms with E-state index in [0.29, 0.717) is 11.0 Å². The number of para-hydroxylation sites is 1. The summed E-state index contributed by atoms with van der Waals surface area (Å²) in [5, 5.41) is 13.8. The normalized spacial score (nSPS) is 10.4. The summed E-state index contributed by atoms with van der Waals surface area (Å²) in [4.78, 5) is 8.03. The Kier molecular flexibility index (Phi) is 2.17. The summed E-state index contributed by atoms with van der Waals surface area (Å²) in [6.07, 6.45) is 1.36. The van der Waals surface area contributed by atoms with E-state index in [4.69, 9.17) is 11.0 Å². The van der Waals surface area contributed by atoms with E-state index in [1.165, 1.54) is 6.33 Å². The van der Waals surface area contributed by atoms with E-state index in [0.717, 1.165) is 5.69 Å². The topological polar surface area (TPSA) is 93.4 Å². The first kappa shape index (κ1) is 10.2. The van der Waals surface area contributed by atoms with Crippen molar-refractivity contribution in [1.29, 1.82) is 5.26 Å². The average molecular weight is 236 g/mol. The summed E-state index contributed by atoms with van der Waals surface area (Å²) in [5.74, 6) is 0.263. The van der Waals surface area contributed by atoms with Crippen LogP contribution in [0.25, 0.3) is 16.7 Å².